The smallest absolute Gasteiger partial charge is 0.410 e. The maximum atomic E-state index is 12.1. The molecule has 0 aliphatic carbocycles. The van der Waals surface area contributed by atoms with Gasteiger partial charge < -0.3 is 24.8 Å². The van der Waals surface area contributed by atoms with Gasteiger partial charge in [-0.25, -0.2) is 9.59 Å². The van der Waals surface area contributed by atoms with E-state index in [4.69, 9.17) is 9.47 Å². The zero-order valence-corrected chi connectivity index (χ0v) is 14.3. The number of nitrogens with zero attached hydrogens (tertiary/aromatic N) is 1. The minimum Gasteiger partial charge on any atom is -0.444 e. The summed E-state index contributed by atoms with van der Waals surface area (Å²) in [6.45, 7) is 11.2. The first kappa shape index (κ1) is 18.5. The van der Waals surface area contributed by atoms with Crippen molar-refractivity contribution < 1.29 is 24.2 Å². The van der Waals surface area contributed by atoms with Gasteiger partial charge >= 0.3 is 12.2 Å². The molecule has 1 rings (SSSR count). The van der Waals surface area contributed by atoms with E-state index in [0.717, 1.165) is 0 Å². The molecule has 0 unspecified atom stereocenters. The monoisotopic (exact) mass is 316 g/mol. The Morgan fingerprint density at radius 3 is 2.09 bits per heavy atom. The number of ether oxygens (including phenoxy) is 2. The quantitative estimate of drug-likeness (QED) is 0.810. The van der Waals surface area contributed by atoms with Gasteiger partial charge in [0.05, 0.1) is 6.04 Å². The number of aliphatic hydroxyl groups excluding tert-OH is 1. The molecule has 128 valence electrons. The number of hydrogen-bond acceptors (Lipinski definition) is 5. The van der Waals surface area contributed by atoms with Crippen molar-refractivity contribution in [2.45, 2.75) is 58.8 Å². The summed E-state index contributed by atoms with van der Waals surface area (Å²) >= 11 is 0. The molecule has 0 aromatic heterocycles. The Morgan fingerprint density at radius 1 is 1.09 bits per heavy atom. The lowest BCUT2D eigenvalue weighted by Gasteiger charge is -2.25. The van der Waals surface area contributed by atoms with E-state index in [-0.39, 0.29) is 18.6 Å². The second-order valence-electron chi connectivity index (χ2n) is 7.58. The van der Waals surface area contributed by atoms with Gasteiger partial charge in [-0.15, -0.1) is 0 Å². The van der Waals surface area contributed by atoms with Gasteiger partial charge in [-0.2, -0.15) is 0 Å². The predicted molar refractivity (Wildman–Crippen MR) is 81.5 cm³/mol. The van der Waals surface area contributed by atoms with Gasteiger partial charge in [-0.1, -0.05) is 0 Å². The van der Waals surface area contributed by atoms with E-state index in [2.05, 4.69) is 5.32 Å². The molecule has 0 bridgehead atoms. The topological polar surface area (TPSA) is 88.1 Å². The van der Waals surface area contributed by atoms with Crippen LogP contribution < -0.4 is 5.32 Å². The van der Waals surface area contributed by atoms with Gasteiger partial charge in [0.1, 0.15) is 11.2 Å². The average Bonchev–Trinajstić information content (AvgIpc) is 2.67. The molecule has 2 N–H and O–H groups in total. The van der Waals surface area contributed by atoms with Gasteiger partial charge in [-0.3, -0.25) is 0 Å². The van der Waals surface area contributed by atoms with Crippen LogP contribution in [0.1, 0.15) is 41.5 Å². The number of likely N-dealkylation sites (tertiary alicyclic amines) is 1. The summed E-state index contributed by atoms with van der Waals surface area (Å²) in [6, 6.07) is -0.354. The fourth-order valence-corrected chi connectivity index (χ4v) is 2.15. The molecule has 1 fully saturated rings. The molecule has 1 aliphatic rings. The molecule has 22 heavy (non-hydrogen) atoms. The lowest BCUT2D eigenvalue weighted by Crippen LogP contribution is -2.44. The van der Waals surface area contributed by atoms with Gasteiger partial charge in [0, 0.05) is 25.6 Å². The normalized spacial score (nSPS) is 22.4. The van der Waals surface area contributed by atoms with E-state index >= 15 is 0 Å². The summed E-state index contributed by atoms with van der Waals surface area (Å²) in [5.74, 6) is -0.236. The van der Waals surface area contributed by atoms with Gasteiger partial charge in [0.2, 0.25) is 0 Å². The number of rotatable bonds is 2. The number of alkyl carbamates (subject to hydrolysis) is 1. The Labute approximate surface area is 131 Å². The molecule has 0 aromatic carbocycles. The highest BCUT2D eigenvalue weighted by atomic mass is 16.6. The minimum absolute atomic E-state index is 0.125. The van der Waals surface area contributed by atoms with Crippen molar-refractivity contribution in [3.8, 4) is 0 Å². The van der Waals surface area contributed by atoms with Crippen LogP contribution in [-0.4, -0.2) is 59.1 Å². The first-order valence-electron chi connectivity index (χ1n) is 7.49. The maximum Gasteiger partial charge on any atom is 0.410 e. The SMILES string of the molecule is CC(C)(C)OC(=O)N[C@H]1CN(C(=O)OC(C)(C)C)C[C@H]1CO. The molecule has 2 atom stereocenters. The highest BCUT2D eigenvalue weighted by molar-refractivity contribution is 5.70. The zero-order chi connectivity index (χ0) is 17.1. The number of carbonyl (C=O) groups excluding carboxylic acids is 2. The standard InChI is InChI=1S/C15H28N2O5/c1-14(2,3)21-12(19)16-11-8-17(7-10(11)9-18)13(20)22-15(4,5)6/h10-11,18H,7-9H2,1-6H3,(H,16,19)/t10-,11-/m0/s1. The first-order chi connectivity index (χ1) is 9.91. The largest absolute Gasteiger partial charge is 0.444 e. The summed E-state index contributed by atoms with van der Waals surface area (Å²) in [7, 11) is 0. The summed E-state index contributed by atoms with van der Waals surface area (Å²) in [6.07, 6.45) is -0.999. The van der Waals surface area contributed by atoms with Crippen molar-refractivity contribution in [3.05, 3.63) is 0 Å². The lowest BCUT2D eigenvalue weighted by atomic mass is 10.1. The molecule has 1 heterocycles. The van der Waals surface area contributed by atoms with Gasteiger partial charge in [0.15, 0.2) is 0 Å². The Kier molecular flexibility index (Phi) is 5.67. The highest BCUT2D eigenvalue weighted by Crippen LogP contribution is 2.20. The molecule has 1 aliphatic heterocycles. The molecule has 1 saturated heterocycles. The molecule has 7 nitrogen and oxygen atoms in total. The zero-order valence-electron chi connectivity index (χ0n) is 14.3. The van der Waals surface area contributed by atoms with Gasteiger partial charge in [-0.05, 0) is 41.5 Å². The Morgan fingerprint density at radius 2 is 1.64 bits per heavy atom. The molecular formula is C15H28N2O5. The third-order valence-electron chi connectivity index (χ3n) is 3.03. The second kappa shape index (κ2) is 6.73. The van der Waals surface area contributed by atoms with Crippen LogP contribution in [0.15, 0.2) is 0 Å². The van der Waals surface area contributed by atoms with E-state index in [1.807, 2.05) is 0 Å². The van der Waals surface area contributed by atoms with Crippen LogP contribution in [0.25, 0.3) is 0 Å². The number of carbonyl (C=O) groups is 2. The lowest BCUT2D eigenvalue weighted by molar-refractivity contribution is 0.0277. The van der Waals surface area contributed by atoms with E-state index in [0.29, 0.717) is 13.1 Å². The van der Waals surface area contributed by atoms with Crippen LogP contribution in [0.3, 0.4) is 0 Å². The van der Waals surface area contributed by atoms with E-state index in [9.17, 15) is 14.7 Å². The fraction of sp³-hybridized carbons (Fsp3) is 0.867. The van der Waals surface area contributed by atoms with Crippen LogP contribution in [0.5, 0.6) is 0 Å². The number of amides is 2. The summed E-state index contributed by atoms with van der Waals surface area (Å²) in [5.41, 5.74) is -1.18. The summed E-state index contributed by atoms with van der Waals surface area (Å²) in [4.78, 5) is 25.4. The summed E-state index contributed by atoms with van der Waals surface area (Å²) < 4.78 is 10.5. The molecular weight excluding hydrogens is 288 g/mol. The Balaban J connectivity index is 2.62. The fourth-order valence-electron chi connectivity index (χ4n) is 2.15. The molecule has 0 spiro atoms. The first-order valence-corrected chi connectivity index (χ1v) is 7.49. The van der Waals surface area contributed by atoms with Crippen molar-refractivity contribution in [2.75, 3.05) is 19.7 Å². The Hall–Kier alpha value is -1.50. The van der Waals surface area contributed by atoms with Crippen molar-refractivity contribution in [3.63, 3.8) is 0 Å². The number of hydrogen-bond donors (Lipinski definition) is 2. The van der Waals surface area contributed by atoms with E-state index < -0.39 is 23.4 Å². The maximum absolute atomic E-state index is 12.1. The Bertz CT molecular complexity index is 411. The van der Waals surface area contributed by atoms with Crippen LogP contribution in [-0.2, 0) is 9.47 Å². The molecule has 0 aromatic rings. The van der Waals surface area contributed by atoms with Crippen LogP contribution >= 0.6 is 0 Å². The van der Waals surface area contributed by atoms with Crippen molar-refractivity contribution in [1.29, 1.82) is 0 Å². The third-order valence-corrected chi connectivity index (χ3v) is 3.03. The van der Waals surface area contributed by atoms with Gasteiger partial charge in [0.25, 0.3) is 0 Å². The number of aliphatic hydroxyl groups is 1. The van der Waals surface area contributed by atoms with Crippen molar-refractivity contribution in [2.24, 2.45) is 5.92 Å². The van der Waals surface area contributed by atoms with Crippen LogP contribution in [0.2, 0.25) is 0 Å². The third kappa shape index (κ3) is 6.09. The van der Waals surface area contributed by atoms with E-state index in [1.54, 1.807) is 41.5 Å². The van der Waals surface area contributed by atoms with E-state index in [1.165, 1.54) is 4.90 Å². The molecule has 0 saturated carbocycles. The molecule has 0 radical (unpaired) electrons. The number of nitrogens with one attached hydrogen (secondary N) is 1. The molecule has 2 amide bonds. The molecule has 7 heteroatoms. The van der Waals surface area contributed by atoms with Crippen molar-refractivity contribution >= 4 is 12.2 Å². The second-order valence-corrected chi connectivity index (χ2v) is 7.58. The predicted octanol–water partition coefficient (Wildman–Crippen LogP) is 1.74. The average molecular weight is 316 g/mol. The highest BCUT2D eigenvalue weighted by Gasteiger charge is 2.38. The minimum atomic E-state index is -0.595. The van der Waals surface area contributed by atoms with Crippen LogP contribution in [0, 0.1) is 5.92 Å². The van der Waals surface area contributed by atoms with Crippen molar-refractivity contribution in [1.82, 2.24) is 10.2 Å². The summed E-state index contributed by atoms with van der Waals surface area (Å²) in [5, 5.41) is 12.2. The van der Waals surface area contributed by atoms with Crippen LogP contribution in [0.4, 0.5) is 9.59 Å².